The van der Waals surface area contributed by atoms with Gasteiger partial charge in [0.05, 0.1) is 20.0 Å². The van der Waals surface area contributed by atoms with E-state index in [1.807, 2.05) is 0 Å². The van der Waals surface area contributed by atoms with Crippen molar-refractivity contribution in [3.05, 3.63) is 24.3 Å². The monoisotopic (exact) mass is 383 g/mol. The third kappa shape index (κ3) is 5.91. The number of carbonyl (C=O) groups is 2. The summed E-state index contributed by atoms with van der Waals surface area (Å²) < 4.78 is 15.8. The summed E-state index contributed by atoms with van der Waals surface area (Å²) in [5, 5.41) is 10.7. The number of nitrogens with zero attached hydrogens (tertiary/aromatic N) is 2. The van der Waals surface area contributed by atoms with Crippen LogP contribution in [-0.2, 0) is 14.3 Å². The van der Waals surface area contributed by atoms with Crippen molar-refractivity contribution in [1.82, 2.24) is 10.2 Å². The lowest BCUT2D eigenvalue weighted by atomic mass is 10.3. The van der Waals surface area contributed by atoms with Gasteiger partial charge in [-0.2, -0.15) is 0 Å². The van der Waals surface area contributed by atoms with Gasteiger partial charge in [0, 0.05) is 6.07 Å². The van der Waals surface area contributed by atoms with E-state index in [9.17, 15) is 9.59 Å². The first-order valence-electron chi connectivity index (χ1n) is 7.16. The lowest BCUT2D eigenvalue weighted by Crippen LogP contribution is -2.30. The minimum atomic E-state index is -0.734. The number of esters is 1. The fourth-order valence-corrected chi connectivity index (χ4v) is 3.22. The van der Waals surface area contributed by atoms with Crippen molar-refractivity contribution >= 4 is 40.1 Å². The average Bonchev–Trinajstić information content (AvgIpc) is 3.07. The van der Waals surface area contributed by atoms with Crippen molar-refractivity contribution in [2.75, 3.05) is 25.3 Å². The molecule has 10 heteroatoms. The zero-order valence-electron chi connectivity index (χ0n) is 13.8. The maximum Gasteiger partial charge on any atom is 0.316 e. The van der Waals surface area contributed by atoms with Crippen LogP contribution in [0.15, 0.2) is 28.6 Å². The van der Waals surface area contributed by atoms with Crippen LogP contribution in [0.2, 0.25) is 0 Å². The molecule has 0 unspecified atom stereocenters. The van der Waals surface area contributed by atoms with Gasteiger partial charge in [0.1, 0.15) is 11.5 Å². The average molecular weight is 383 g/mol. The quantitative estimate of drug-likeness (QED) is 0.421. The van der Waals surface area contributed by atoms with E-state index in [1.165, 1.54) is 30.2 Å². The highest BCUT2D eigenvalue weighted by atomic mass is 32.2. The molecule has 0 saturated heterocycles. The summed E-state index contributed by atoms with van der Waals surface area (Å²) in [4.78, 5) is 23.3. The van der Waals surface area contributed by atoms with Gasteiger partial charge in [0.15, 0.2) is 10.4 Å². The van der Waals surface area contributed by atoms with Crippen LogP contribution in [0, 0.1) is 0 Å². The number of rotatable bonds is 8. The second-order valence-corrected chi connectivity index (χ2v) is 6.87. The van der Waals surface area contributed by atoms with Crippen LogP contribution in [0.5, 0.6) is 11.5 Å². The van der Waals surface area contributed by atoms with Gasteiger partial charge in [-0.1, -0.05) is 29.2 Å². The van der Waals surface area contributed by atoms with Gasteiger partial charge >= 0.3 is 5.97 Å². The number of hydrogen-bond acceptors (Lipinski definition) is 9. The van der Waals surface area contributed by atoms with Crippen molar-refractivity contribution in [1.29, 1.82) is 0 Å². The minimum absolute atomic E-state index is 0.133. The molecule has 1 atom stereocenters. The summed E-state index contributed by atoms with van der Waals surface area (Å²) in [5.41, 5.74) is 0. The van der Waals surface area contributed by atoms with Crippen molar-refractivity contribution in [3.8, 4) is 11.5 Å². The van der Waals surface area contributed by atoms with Crippen LogP contribution in [-0.4, -0.2) is 48.2 Å². The Kier molecular flexibility index (Phi) is 7.02. The maximum atomic E-state index is 12.2. The summed E-state index contributed by atoms with van der Waals surface area (Å²) in [7, 11) is 2.87. The number of methoxy groups -OCH3 is 2. The van der Waals surface area contributed by atoms with Crippen molar-refractivity contribution in [3.63, 3.8) is 0 Å². The van der Waals surface area contributed by atoms with Crippen molar-refractivity contribution in [2.45, 2.75) is 17.4 Å². The third-order valence-corrected chi connectivity index (χ3v) is 4.85. The molecular weight excluding hydrogens is 366 g/mol. The van der Waals surface area contributed by atoms with Crippen LogP contribution < -0.4 is 14.8 Å². The van der Waals surface area contributed by atoms with Crippen molar-refractivity contribution < 1.29 is 23.8 Å². The second-order valence-electron chi connectivity index (χ2n) is 4.67. The largest absolute Gasteiger partial charge is 0.497 e. The molecule has 1 aromatic carbocycles. The molecule has 0 bridgehead atoms. The SMILES string of the molecule is COC(=O)CSc1nnc(NC(=O)[C@@H](C)Oc2cccc(OC)c2)s1. The highest BCUT2D eigenvalue weighted by Crippen LogP contribution is 2.26. The van der Waals surface area contributed by atoms with E-state index in [1.54, 1.807) is 38.3 Å². The molecule has 1 N–H and O–H groups in total. The number of amides is 1. The lowest BCUT2D eigenvalue weighted by Gasteiger charge is -2.14. The molecule has 2 aromatic rings. The Bertz CT molecular complexity index is 737. The summed E-state index contributed by atoms with van der Waals surface area (Å²) >= 11 is 2.36. The smallest absolute Gasteiger partial charge is 0.316 e. The molecule has 0 saturated carbocycles. The molecule has 1 aromatic heterocycles. The third-order valence-electron chi connectivity index (χ3n) is 2.90. The van der Waals surface area contributed by atoms with Gasteiger partial charge in [0.2, 0.25) is 5.13 Å². The van der Waals surface area contributed by atoms with E-state index in [-0.39, 0.29) is 17.6 Å². The fraction of sp³-hybridized carbons (Fsp3) is 0.333. The number of benzene rings is 1. The number of aromatic nitrogens is 2. The number of carbonyl (C=O) groups excluding carboxylic acids is 2. The highest BCUT2D eigenvalue weighted by Gasteiger charge is 2.17. The van der Waals surface area contributed by atoms with Gasteiger partial charge in [-0.05, 0) is 19.1 Å². The van der Waals surface area contributed by atoms with Gasteiger partial charge in [0.25, 0.3) is 5.91 Å². The van der Waals surface area contributed by atoms with Crippen LogP contribution in [0.25, 0.3) is 0 Å². The van der Waals surface area contributed by atoms with Crippen LogP contribution in [0.4, 0.5) is 5.13 Å². The predicted octanol–water partition coefficient (Wildman–Crippen LogP) is 2.22. The van der Waals surface area contributed by atoms with Gasteiger partial charge in [-0.15, -0.1) is 10.2 Å². The number of hydrogen-bond donors (Lipinski definition) is 1. The maximum absolute atomic E-state index is 12.2. The summed E-state index contributed by atoms with van der Waals surface area (Å²) in [6, 6.07) is 6.98. The first-order chi connectivity index (χ1) is 12.0. The summed E-state index contributed by atoms with van der Waals surface area (Å²) in [6.45, 7) is 1.63. The van der Waals surface area contributed by atoms with E-state index < -0.39 is 6.10 Å². The predicted molar refractivity (Wildman–Crippen MR) is 94.4 cm³/mol. The van der Waals surface area contributed by atoms with Gasteiger partial charge in [-0.3, -0.25) is 14.9 Å². The molecule has 0 fully saturated rings. The molecule has 0 spiro atoms. The molecule has 0 aliphatic carbocycles. The lowest BCUT2D eigenvalue weighted by molar-refractivity contribution is -0.137. The molecule has 134 valence electrons. The summed E-state index contributed by atoms with van der Waals surface area (Å²) in [6.07, 6.45) is -0.734. The molecule has 1 heterocycles. The zero-order valence-corrected chi connectivity index (χ0v) is 15.5. The fourth-order valence-electron chi connectivity index (χ4n) is 1.64. The molecule has 8 nitrogen and oxygen atoms in total. The summed E-state index contributed by atoms with van der Waals surface area (Å²) in [5.74, 6) is 0.582. The van der Waals surface area contributed by atoms with E-state index >= 15 is 0 Å². The molecule has 0 aliphatic rings. The first-order valence-corrected chi connectivity index (χ1v) is 8.96. The topological polar surface area (TPSA) is 99.6 Å². The Morgan fingerprint density at radius 2 is 2.04 bits per heavy atom. The number of ether oxygens (including phenoxy) is 3. The van der Waals surface area contributed by atoms with Crippen LogP contribution in [0.1, 0.15) is 6.92 Å². The van der Waals surface area contributed by atoms with E-state index in [4.69, 9.17) is 9.47 Å². The molecular formula is C15H17N3O5S2. The van der Waals surface area contributed by atoms with Gasteiger partial charge < -0.3 is 14.2 Å². The Balaban J connectivity index is 1.88. The number of thioether (sulfide) groups is 1. The Morgan fingerprint density at radius 3 is 2.76 bits per heavy atom. The normalized spacial score (nSPS) is 11.5. The highest BCUT2D eigenvalue weighted by molar-refractivity contribution is 8.01. The molecule has 0 radical (unpaired) electrons. The Morgan fingerprint density at radius 1 is 1.28 bits per heavy atom. The molecule has 1 amide bonds. The van der Waals surface area contributed by atoms with E-state index in [0.29, 0.717) is 21.0 Å². The van der Waals surface area contributed by atoms with Crippen LogP contribution in [0.3, 0.4) is 0 Å². The van der Waals surface area contributed by atoms with Crippen molar-refractivity contribution in [2.24, 2.45) is 0 Å². The second kappa shape index (κ2) is 9.23. The standard InChI is InChI=1S/C15H17N3O5S2/c1-9(23-11-6-4-5-10(7-11)21-2)13(20)16-14-17-18-15(25-14)24-8-12(19)22-3/h4-7,9H,8H2,1-3H3,(H,16,17,20)/t9-/m1/s1. The number of anilines is 1. The van der Waals surface area contributed by atoms with Crippen LogP contribution >= 0.6 is 23.1 Å². The van der Waals surface area contributed by atoms with Gasteiger partial charge in [-0.25, -0.2) is 0 Å². The zero-order chi connectivity index (χ0) is 18.2. The van der Waals surface area contributed by atoms with E-state index in [0.717, 1.165) is 0 Å². The first kappa shape index (κ1) is 19.0. The van der Waals surface area contributed by atoms with E-state index in [2.05, 4.69) is 20.3 Å². The number of nitrogens with one attached hydrogen (secondary N) is 1. The Hall–Kier alpha value is -2.33. The molecule has 2 rings (SSSR count). The minimum Gasteiger partial charge on any atom is -0.497 e. The molecule has 25 heavy (non-hydrogen) atoms. The Labute approximate surface area is 152 Å². The molecule has 0 aliphatic heterocycles.